The molecular weight excluding hydrogens is 292 g/mol. The first-order valence-corrected chi connectivity index (χ1v) is 7.79. The standard InChI is InChI=1S/C18H26N2O3/c1-12(2)17-9-19-18(23-17)11-20(4)10-14-8-16(22-6)15(21-5)7-13(14)3/h7-9,12H,10-11H2,1-6H3. The van der Waals surface area contributed by atoms with Crippen molar-refractivity contribution in [1.82, 2.24) is 9.88 Å². The highest BCUT2D eigenvalue weighted by Crippen LogP contribution is 2.30. The van der Waals surface area contributed by atoms with E-state index in [0.29, 0.717) is 12.5 Å². The lowest BCUT2D eigenvalue weighted by Crippen LogP contribution is -2.18. The van der Waals surface area contributed by atoms with Crippen LogP contribution in [0.1, 0.15) is 42.5 Å². The smallest absolute Gasteiger partial charge is 0.208 e. The van der Waals surface area contributed by atoms with Crippen LogP contribution in [0.25, 0.3) is 0 Å². The number of rotatable bonds is 7. The van der Waals surface area contributed by atoms with E-state index in [1.807, 2.05) is 18.3 Å². The molecule has 5 heteroatoms. The predicted molar refractivity (Wildman–Crippen MR) is 90.0 cm³/mol. The second-order valence-electron chi connectivity index (χ2n) is 6.12. The van der Waals surface area contributed by atoms with E-state index in [-0.39, 0.29) is 0 Å². The minimum absolute atomic E-state index is 0.356. The number of nitrogens with zero attached hydrogens (tertiary/aromatic N) is 2. The number of aryl methyl sites for hydroxylation is 1. The molecule has 23 heavy (non-hydrogen) atoms. The molecule has 0 spiro atoms. The van der Waals surface area contributed by atoms with Crippen LogP contribution in [0.3, 0.4) is 0 Å². The lowest BCUT2D eigenvalue weighted by molar-refractivity contribution is 0.274. The number of aromatic nitrogens is 1. The molecule has 0 aliphatic heterocycles. The van der Waals surface area contributed by atoms with Crippen molar-refractivity contribution in [3.8, 4) is 11.5 Å². The first-order chi connectivity index (χ1) is 10.9. The van der Waals surface area contributed by atoms with Gasteiger partial charge in [0.25, 0.3) is 0 Å². The average molecular weight is 318 g/mol. The number of hydrogen-bond donors (Lipinski definition) is 0. The number of oxazole rings is 1. The first kappa shape index (κ1) is 17.3. The first-order valence-electron chi connectivity index (χ1n) is 7.79. The Morgan fingerprint density at radius 2 is 1.78 bits per heavy atom. The second kappa shape index (κ2) is 7.51. The van der Waals surface area contributed by atoms with Crippen molar-refractivity contribution in [3.05, 3.63) is 41.1 Å². The Bertz CT molecular complexity index is 650. The minimum atomic E-state index is 0.356. The van der Waals surface area contributed by atoms with E-state index in [1.165, 1.54) is 11.1 Å². The molecule has 126 valence electrons. The molecule has 2 rings (SSSR count). The molecule has 1 heterocycles. The largest absolute Gasteiger partial charge is 0.493 e. The van der Waals surface area contributed by atoms with Gasteiger partial charge in [-0.05, 0) is 37.2 Å². The van der Waals surface area contributed by atoms with Gasteiger partial charge in [0.1, 0.15) is 5.76 Å². The summed E-state index contributed by atoms with van der Waals surface area (Å²) in [5.74, 6) is 3.53. The van der Waals surface area contributed by atoms with E-state index in [0.717, 1.165) is 29.7 Å². The van der Waals surface area contributed by atoms with E-state index in [4.69, 9.17) is 13.9 Å². The highest BCUT2D eigenvalue weighted by molar-refractivity contribution is 5.47. The van der Waals surface area contributed by atoms with Crippen molar-refractivity contribution in [2.24, 2.45) is 0 Å². The SMILES string of the molecule is COc1cc(C)c(CN(C)Cc2ncc(C(C)C)o2)cc1OC. The van der Waals surface area contributed by atoms with E-state index in [1.54, 1.807) is 14.2 Å². The van der Waals surface area contributed by atoms with Gasteiger partial charge in [0, 0.05) is 12.5 Å². The third kappa shape index (κ3) is 4.26. The van der Waals surface area contributed by atoms with Gasteiger partial charge in [0.15, 0.2) is 11.5 Å². The van der Waals surface area contributed by atoms with Crippen molar-refractivity contribution in [1.29, 1.82) is 0 Å². The monoisotopic (exact) mass is 318 g/mol. The molecule has 5 nitrogen and oxygen atoms in total. The van der Waals surface area contributed by atoms with Crippen LogP contribution < -0.4 is 9.47 Å². The van der Waals surface area contributed by atoms with E-state index in [2.05, 4.69) is 37.7 Å². The predicted octanol–water partition coefficient (Wildman–Crippen LogP) is 3.76. The van der Waals surface area contributed by atoms with Gasteiger partial charge in [-0.25, -0.2) is 4.98 Å². The summed E-state index contributed by atoms with van der Waals surface area (Å²) in [6.07, 6.45) is 1.81. The van der Waals surface area contributed by atoms with Crippen LogP contribution in [0.2, 0.25) is 0 Å². The fourth-order valence-corrected chi connectivity index (χ4v) is 2.44. The molecule has 0 N–H and O–H groups in total. The Morgan fingerprint density at radius 1 is 1.13 bits per heavy atom. The Balaban J connectivity index is 2.08. The Labute approximate surface area is 138 Å². The Hall–Kier alpha value is -2.01. The normalized spacial score (nSPS) is 11.3. The lowest BCUT2D eigenvalue weighted by atomic mass is 10.1. The fraction of sp³-hybridized carbons (Fsp3) is 0.500. The van der Waals surface area contributed by atoms with Gasteiger partial charge >= 0.3 is 0 Å². The van der Waals surface area contributed by atoms with Gasteiger partial charge in [-0.15, -0.1) is 0 Å². The number of ether oxygens (including phenoxy) is 2. The molecule has 0 fully saturated rings. The van der Waals surface area contributed by atoms with Gasteiger partial charge < -0.3 is 13.9 Å². The summed E-state index contributed by atoms with van der Waals surface area (Å²) in [7, 11) is 5.36. The molecule has 0 atom stereocenters. The Kier molecular flexibility index (Phi) is 5.66. The number of methoxy groups -OCH3 is 2. The zero-order chi connectivity index (χ0) is 17.0. The third-order valence-electron chi connectivity index (χ3n) is 3.83. The third-order valence-corrected chi connectivity index (χ3v) is 3.83. The zero-order valence-corrected chi connectivity index (χ0v) is 14.8. The van der Waals surface area contributed by atoms with E-state index < -0.39 is 0 Å². The molecule has 0 amide bonds. The molecule has 1 aromatic heterocycles. The molecule has 0 aliphatic carbocycles. The van der Waals surface area contributed by atoms with Crippen LogP contribution in [-0.2, 0) is 13.1 Å². The van der Waals surface area contributed by atoms with Crippen LogP contribution in [0.4, 0.5) is 0 Å². The van der Waals surface area contributed by atoms with Crippen LogP contribution in [0.15, 0.2) is 22.7 Å². The van der Waals surface area contributed by atoms with Crippen LogP contribution >= 0.6 is 0 Å². The molecule has 0 saturated carbocycles. The fourth-order valence-electron chi connectivity index (χ4n) is 2.44. The van der Waals surface area contributed by atoms with E-state index in [9.17, 15) is 0 Å². The molecule has 1 aromatic carbocycles. The zero-order valence-electron chi connectivity index (χ0n) is 14.8. The van der Waals surface area contributed by atoms with Crippen LogP contribution in [-0.4, -0.2) is 31.2 Å². The maximum atomic E-state index is 5.77. The summed E-state index contributed by atoms with van der Waals surface area (Å²) in [5, 5.41) is 0. The van der Waals surface area contributed by atoms with Gasteiger partial charge in [-0.3, -0.25) is 4.90 Å². The van der Waals surface area contributed by atoms with Crippen molar-refractivity contribution in [3.63, 3.8) is 0 Å². The van der Waals surface area contributed by atoms with Gasteiger partial charge in [-0.2, -0.15) is 0 Å². The molecule has 0 saturated heterocycles. The Morgan fingerprint density at radius 3 is 2.35 bits per heavy atom. The van der Waals surface area contributed by atoms with Crippen molar-refractivity contribution in [2.45, 2.75) is 39.8 Å². The van der Waals surface area contributed by atoms with Crippen molar-refractivity contribution in [2.75, 3.05) is 21.3 Å². The summed E-state index contributed by atoms with van der Waals surface area (Å²) >= 11 is 0. The quantitative estimate of drug-likeness (QED) is 0.778. The van der Waals surface area contributed by atoms with Gasteiger partial charge in [0.2, 0.25) is 5.89 Å². The number of hydrogen-bond acceptors (Lipinski definition) is 5. The molecule has 0 unspecified atom stereocenters. The summed E-state index contributed by atoms with van der Waals surface area (Å²) in [5.41, 5.74) is 2.37. The molecule has 0 bridgehead atoms. The lowest BCUT2D eigenvalue weighted by Gasteiger charge is -2.18. The average Bonchev–Trinajstić information content (AvgIpc) is 2.97. The molecule has 2 aromatic rings. The highest BCUT2D eigenvalue weighted by Gasteiger charge is 2.13. The van der Waals surface area contributed by atoms with E-state index >= 15 is 0 Å². The molecule has 0 aliphatic rings. The molecular formula is C18H26N2O3. The maximum Gasteiger partial charge on any atom is 0.208 e. The molecule has 0 radical (unpaired) electrons. The topological polar surface area (TPSA) is 47.7 Å². The number of benzene rings is 1. The van der Waals surface area contributed by atoms with Gasteiger partial charge in [0.05, 0.1) is 27.0 Å². The summed E-state index contributed by atoms with van der Waals surface area (Å²) in [4.78, 5) is 6.52. The van der Waals surface area contributed by atoms with Gasteiger partial charge in [-0.1, -0.05) is 13.8 Å². The summed E-state index contributed by atoms with van der Waals surface area (Å²) in [6, 6.07) is 4.03. The summed E-state index contributed by atoms with van der Waals surface area (Å²) < 4.78 is 16.5. The van der Waals surface area contributed by atoms with Crippen molar-refractivity contribution < 1.29 is 13.9 Å². The minimum Gasteiger partial charge on any atom is -0.493 e. The maximum absolute atomic E-state index is 5.77. The van der Waals surface area contributed by atoms with Crippen LogP contribution in [0.5, 0.6) is 11.5 Å². The summed E-state index contributed by atoms with van der Waals surface area (Å²) in [6.45, 7) is 7.72. The van der Waals surface area contributed by atoms with Crippen molar-refractivity contribution >= 4 is 0 Å². The van der Waals surface area contributed by atoms with Crippen LogP contribution in [0, 0.1) is 6.92 Å². The second-order valence-corrected chi connectivity index (χ2v) is 6.12. The highest BCUT2D eigenvalue weighted by atomic mass is 16.5.